The smallest absolute Gasteiger partial charge is 0.263 e. The molecule has 0 saturated heterocycles. The highest BCUT2D eigenvalue weighted by atomic mass is 35.5. The summed E-state index contributed by atoms with van der Waals surface area (Å²) in [6.45, 7) is 0. The normalized spacial score (nSPS) is 11.7. The zero-order valence-electron chi connectivity index (χ0n) is 11.5. The first-order valence-corrected chi connectivity index (χ1v) is 11.0. The van der Waals surface area contributed by atoms with Crippen LogP contribution in [0.1, 0.15) is 0 Å². The fourth-order valence-corrected chi connectivity index (χ4v) is 6.32. The minimum absolute atomic E-state index is 0.0113. The molecule has 3 rings (SSSR count). The number of rotatable bonds is 4. The van der Waals surface area contributed by atoms with Gasteiger partial charge in [0.2, 0.25) is 0 Å². The van der Waals surface area contributed by atoms with Crippen LogP contribution in [0, 0.1) is 0 Å². The van der Waals surface area contributed by atoms with E-state index in [2.05, 4.69) is 4.72 Å². The van der Waals surface area contributed by atoms with E-state index >= 15 is 0 Å². The summed E-state index contributed by atoms with van der Waals surface area (Å²) in [5.41, 5.74) is 0.423. The Morgan fingerprint density at radius 2 is 1.42 bits per heavy atom. The fourth-order valence-electron chi connectivity index (χ4n) is 1.93. The van der Waals surface area contributed by atoms with Crippen molar-refractivity contribution in [3.8, 4) is 9.75 Å². The number of thiophene rings is 2. The van der Waals surface area contributed by atoms with Crippen molar-refractivity contribution >= 4 is 84.8 Å². The molecule has 24 heavy (non-hydrogen) atoms. The number of anilines is 1. The van der Waals surface area contributed by atoms with Gasteiger partial charge in [-0.05, 0) is 35.0 Å². The first-order valence-electron chi connectivity index (χ1n) is 6.28. The second-order valence-corrected chi connectivity index (χ2v) is 9.68. The lowest BCUT2D eigenvalue weighted by atomic mass is 10.3. The molecular formula is C14H7Cl4NO2S3. The molecule has 1 aromatic carbocycles. The quantitative estimate of drug-likeness (QED) is 0.432. The van der Waals surface area contributed by atoms with Gasteiger partial charge in [-0.25, -0.2) is 8.42 Å². The summed E-state index contributed by atoms with van der Waals surface area (Å²) in [5, 5.41) is 4.46. The molecule has 0 unspecified atom stereocenters. The molecule has 0 aliphatic rings. The number of halogens is 4. The highest BCUT2D eigenvalue weighted by molar-refractivity contribution is 7.92. The molecule has 126 valence electrons. The Bertz CT molecular complexity index is 1010. The predicted octanol–water partition coefficient (Wildman–Crippen LogP) is 6.89. The van der Waals surface area contributed by atoms with Gasteiger partial charge in [-0.15, -0.1) is 22.7 Å². The Hall–Kier alpha value is -0.470. The average molecular weight is 459 g/mol. The van der Waals surface area contributed by atoms with Crippen LogP contribution >= 0.6 is 69.1 Å². The number of hydrogen-bond acceptors (Lipinski definition) is 4. The SMILES string of the molecule is O=S(=O)(Nc1ccsc1-c1sccc1Cl)c1cc(Cl)c(Cl)cc1Cl. The maximum absolute atomic E-state index is 12.7. The molecule has 0 bridgehead atoms. The van der Waals surface area contributed by atoms with Crippen molar-refractivity contribution in [2.75, 3.05) is 4.72 Å². The zero-order chi connectivity index (χ0) is 17.5. The molecular weight excluding hydrogens is 452 g/mol. The van der Waals surface area contributed by atoms with Crippen molar-refractivity contribution in [1.29, 1.82) is 0 Å². The Labute approximate surface area is 166 Å². The Morgan fingerprint density at radius 1 is 0.792 bits per heavy atom. The monoisotopic (exact) mass is 457 g/mol. The molecule has 3 aromatic rings. The van der Waals surface area contributed by atoms with E-state index in [1.807, 2.05) is 5.38 Å². The first kappa shape index (κ1) is 18.3. The summed E-state index contributed by atoms with van der Waals surface area (Å²) in [6, 6.07) is 5.94. The van der Waals surface area contributed by atoms with E-state index in [-0.39, 0.29) is 20.0 Å². The molecule has 0 saturated carbocycles. The van der Waals surface area contributed by atoms with Crippen LogP contribution in [0.2, 0.25) is 20.1 Å². The van der Waals surface area contributed by atoms with Crippen LogP contribution < -0.4 is 4.72 Å². The van der Waals surface area contributed by atoms with E-state index in [4.69, 9.17) is 46.4 Å². The zero-order valence-corrected chi connectivity index (χ0v) is 17.0. The number of hydrogen-bond donors (Lipinski definition) is 1. The number of benzene rings is 1. The van der Waals surface area contributed by atoms with Crippen LogP contribution in [0.25, 0.3) is 9.75 Å². The molecule has 10 heteroatoms. The van der Waals surface area contributed by atoms with Gasteiger partial charge in [0.1, 0.15) is 4.90 Å². The van der Waals surface area contributed by atoms with Crippen LogP contribution in [0.4, 0.5) is 5.69 Å². The second-order valence-electron chi connectivity index (χ2n) is 4.56. The van der Waals surface area contributed by atoms with Crippen molar-refractivity contribution in [3.05, 3.63) is 55.1 Å². The van der Waals surface area contributed by atoms with Gasteiger partial charge in [0.25, 0.3) is 10.0 Å². The van der Waals surface area contributed by atoms with Gasteiger partial charge in [0, 0.05) is 0 Å². The molecule has 0 radical (unpaired) electrons. The predicted molar refractivity (Wildman–Crippen MR) is 105 cm³/mol. The molecule has 3 nitrogen and oxygen atoms in total. The maximum atomic E-state index is 12.7. The average Bonchev–Trinajstić information content (AvgIpc) is 3.10. The molecule has 0 atom stereocenters. The van der Waals surface area contributed by atoms with Gasteiger partial charge in [-0.2, -0.15) is 0 Å². The van der Waals surface area contributed by atoms with Crippen LogP contribution in [0.15, 0.2) is 39.9 Å². The van der Waals surface area contributed by atoms with Gasteiger partial charge in [-0.1, -0.05) is 46.4 Å². The lowest BCUT2D eigenvalue weighted by Crippen LogP contribution is -2.13. The lowest BCUT2D eigenvalue weighted by Gasteiger charge is -2.11. The van der Waals surface area contributed by atoms with Crippen LogP contribution in [0.5, 0.6) is 0 Å². The molecule has 2 heterocycles. The first-order chi connectivity index (χ1) is 11.3. The van der Waals surface area contributed by atoms with E-state index in [0.29, 0.717) is 10.7 Å². The summed E-state index contributed by atoms with van der Waals surface area (Å²) >= 11 is 26.7. The fraction of sp³-hybridized carbons (Fsp3) is 0. The third kappa shape index (κ3) is 3.55. The van der Waals surface area contributed by atoms with Crippen LogP contribution in [-0.2, 0) is 10.0 Å². The highest BCUT2D eigenvalue weighted by Crippen LogP contribution is 2.42. The summed E-state index contributed by atoms with van der Waals surface area (Å²) in [5.74, 6) is 0. The van der Waals surface area contributed by atoms with Gasteiger partial charge in [0.15, 0.2) is 0 Å². The third-order valence-corrected chi connectivity index (χ3v) is 7.97. The van der Waals surface area contributed by atoms with Crippen molar-refractivity contribution < 1.29 is 8.42 Å². The van der Waals surface area contributed by atoms with Gasteiger partial charge >= 0.3 is 0 Å². The largest absolute Gasteiger partial charge is 0.278 e. The Balaban J connectivity index is 2.02. The molecule has 1 N–H and O–H groups in total. The van der Waals surface area contributed by atoms with Crippen molar-refractivity contribution in [1.82, 2.24) is 0 Å². The molecule has 0 amide bonds. The molecule has 0 aliphatic heterocycles. The van der Waals surface area contributed by atoms with Crippen molar-refractivity contribution in [2.24, 2.45) is 0 Å². The van der Waals surface area contributed by atoms with E-state index < -0.39 is 10.0 Å². The molecule has 0 spiro atoms. The van der Waals surface area contributed by atoms with E-state index in [1.165, 1.54) is 34.8 Å². The maximum Gasteiger partial charge on any atom is 0.263 e. The summed E-state index contributed by atoms with van der Waals surface area (Å²) in [4.78, 5) is 1.38. The molecule has 0 aliphatic carbocycles. The summed E-state index contributed by atoms with van der Waals surface area (Å²) in [7, 11) is -3.94. The van der Waals surface area contributed by atoms with E-state index in [1.54, 1.807) is 17.5 Å². The topological polar surface area (TPSA) is 46.2 Å². The Kier molecular flexibility index (Phi) is 5.37. The molecule has 0 fully saturated rings. The van der Waals surface area contributed by atoms with E-state index in [0.717, 1.165) is 9.75 Å². The lowest BCUT2D eigenvalue weighted by molar-refractivity contribution is 0.601. The van der Waals surface area contributed by atoms with Crippen molar-refractivity contribution in [3.63, 3.8) is 0 Å². The standard InChI is InChI=1S/C14H7Cl4NO2S3/c15-7-1-3-22-13(7)14-11(2-4-23-14)19-24(20,21)12-6-9(17)8(16)5-10(12)18/h1-6,19H. The minimum Gasteiger partial charge on any atom is -0.278 e. The van der Waals surface area contributed by atoms with E-state index in [9.17, 15) is 8.42 Å². The van der Waals surface area contributed by atoms with Crippen molar-refractivity contribution in [2.45, 2.75) is 4.90 Å². The Morgan fingerprint density at radius 3 is 2.08 bits per heavy atom. The highest BCUT2D eigenvalue weighted by Gasteiger charge is 2.22. The number of nitrogens with one attached hydrogen (secondary N) is 1. The van der Waals surface area contributed by atoms with Crippen LogP contribution in [0.3, 0.4) is 0 Å². The van der Waals surface area contributed by atoms with Crippen LogP contribution in [-0.4, -0.2) is 8.42 Å². The summed E-state index contributed by atoms with van der Waals surface area (Å²) in [6.07, 6.45) is 0. The van der Waals surface area contributed by atoms with Gasteiger partial charge < -0.3 is 0 Å². The number of sulfonamides is 1. The summed E-state index contributed by atoms with van der Waals surface area (Å²) < 4.78 is 27.9. The van der Waals surface area contributed by atoms with Gasteiger partial charge in [0.05, 0.1) is 35.5 Å². The third-order valence-electron chi connectivity index (χ3n) is 3.00. The minimum atomic E-state index is -3.94. The molecule has 2 aromatic heterocycles. The second kappa shape index (κ2) is 7.03. The van der Waals surface area contributed by atoms with Gasteiger partial charge in [-0.3, -0.25) is 4.72 Å².